The average Bonchev–Trinajstić information content (AvgIpc) is 3.18. The molecular weight excluding hydrogens is 260 g/mol. The van der Waals surface area contributed by atoms with Gasteiger partial charge in [-0.3, -0.25) is 0 Å². The van der Waals surface area contributed by atoms with Gasteiger partial charge in [-0.1, -0.05) is 48.6 Å². The normalized spacial score (nSPS) is 40.0. The summed E-state index contributed by atoms with van der Waals surface area (Å²) >= 11 is 0. The zero-order valence-corrected chi connectivity index (χ0v) is 12.0. The lowest BCUT2D eigenvalue weighted by Crippen LogP contribution is -2.26. The fourth-order valence-corrected chi connectivity index (χ4v) is 4.20. The van der Waals surface area contributed by atoms with E-state index in [2.05, 4.69) is 61.5 Å². The van der Waals surface area contributed by atoms with Crippen molar-refractivity contribution >= 4 is 10.8 Å². The van der Waals surface area contributed by atoms with Crippen molar-refractivity contribution in [2.45, 2.75) is 31.3 Å². The maximum Gasteiger partial charge on any atom is 0.192 e. The Labute approximate surface area is 124 Å². The van der Waals surface area contributed by atoms with Crippen LogP contribution in [0.1, 0.15) is 18.9 Å². The molecule has 2 bridgehead atoms. The van der Waals surface area contributed by atoms with E-state index < -0.39 is 5.79 Å². The summed E-state index contributed by atoms with van der Waals surface area (Å²) in [5, 5.41) is 2.49. The van der Waals surface area contributed by atoms with Crippen LogP contribution in [0.4, 0.5) is 0 Å². The van der Waals surface area contributed by atoms with Crippen molar-refractivity contribution in [2.24, 2.45) is 11.8 Å². The first-order valence-corrected chi connectivity index (χ1v) is 7.76. The largest absolute Gasteiger partial charge is 0.339 e. The molecule has 5 rings (SSSR count). The molecule has 21 heavy (non-hydrogen) atoms. The lowest BCUT2D eigenvalue weighted by Gasteiger charge is -2.26. The molecule has 2 heteroatoms. The van der Waals surface area contributed by atoms with Crippen molar-refractivity contribution in [2.75, 3.05) is 0 Å². The van der Waals surface area contributed by atoms with E-state index in [9.17, 15) is 0 Å². The molecule has 3 aliphatic rings. The number of rotatable bonds is 1. The van der Waals surface area contributed by atoms with Gasteiger partial charge in [-0.2, -0.15) is 0 Å². The fourth-order valence-electron chi connectivity index (χ4n) is 4.20. The number of benzene rings is 2. The van der Waals surface area contributed by atoms with Crippen LogP contribution in [0.15, 0.2) is 54.6 Å². The third-order valence-electron chi connectivity index (χ3n) is 5.31. The Morgan fingerprint density at radius 3 is 2.29 bits per heavy atom. The quantitative estimate of drug-likeness (QED) is 0.734. The highest BCUT2D eigenvalue weighted by Gasteiger charge is 2.56. The van der Waals surface area contributed by atoms with E-state index in [1.54, 1.807) is 0 Å². The number of ether oxygens (including phenoxy) is 2. The molecule has 2 aromatic carbocycles. The Kier molecular flexibility index (Phi) is 2.26. The molecule has 2 nitrogen and oxygen atoms in total. The molecule has 1 saturated carbocycles. The summed E-state index contributed by atoms with van der Waals surface area (Å²) in [5.74, 6) is 0.479. The van der Waals surface area contributed by atoms with Crippen LogP contribution in [-0.2, 0) is 15.3 Å². The molecule has 1 aliphatic heterocycles. The minimum atomic E-state index is -0.609. The standard InChI is InChI=1S/C19H18O2/c1-19(16-9-8-12-4-2-3-5-13(12)11-16)20-17-14-6-7-15(10-14)18(17)21-19/h2-9,11,14-15,17-18H,10H2,1H3/t14-,15+,17+,18-,19?. The van der Waals surface area contributed by atoms with Gasteiger partial charge in [0.2, 0.25) is 0 Å². The second kappa shape index (κ2) is 3.96. The van der Waals surface area contributed by atoms with E-state index in [4.69, 9.17) is 9.47 Å². The van der Waals surface area contributed by atoms with Crippen LogP contribution in [0.5, 0.6) is 0 Å². The molecule has 0 spiro atoms. The summed E-state index contributed by atoms with van der Waals surface area (Å²) in [7, 11) is 0. The first-order chi connectivity index (χ1) is 10.2. The fraction of sp³-hybridized carbons (Fsp3) is 0.368. The van der Waals surface area contributed by atoms with Gasteiger partial charge in [-0.25, -0.2) is 0 Å². The van der Waals surface area contributed by atoms with Crippen molar-refractivity contribution in [3.05, 3.63) is 60.2 Å². The van der Waals surface area contributed by atoms with E-state index in [1.165, 1.54) is 17.2 Å². The molecule has 1 unspecified atom stereocenters. The van der Waals surface area contributed by atoms with E-state index in [0.717, 1.165) is 5.56 Å². The predicted molar refractivity (Wildman–Crippen MR) is 81.8 cm³/mol. The Morgan fingerprint density at radius 1 is 0.905 bits per heavy atom. The Bertz CT molecular complexity index is 728. The topological polar surface area (TPSA) is 18.5 Å². The Balaban J connectivity index is 1.54. The third-order valence-corrected chi connectivity index (χ3v) is 5.31. The Morgan fingerprint density at radius 2 is 1.57 bits per heavy atom. The molecule has 5 atom stereocenters. The number of hydrogen-bond donors (Lipinski definition) is 0. The average molecular weight is 278 g/mol. The first kappa shape index (κ1) is 12.0. The minimum Gasteiger partial charge on any atom is -0.339 e. The van der Waals surface area contributed by atoms with Crippen LogP contribution in [0.25, 0.3) is 10.8 Å². The van der Waals surface area contributed by atoms with Crippen molar-refractivity contribution < 1.29 is 9.47 Å². The molecule has 2 aliphatic carbocycles. The molecular formula is C19H18O2. The molecule has 0 aromatic heterocycles. The number of fused-ring (bicyclic) bond motifs is 6. The molecule has 0 amide bonds. The summed E-state index contributed by atoms with van der Waals surface area (Å²) in [6.45, 7) is 2.06. The van der Waals surface area contributed by atoms with E-state index in [0.29, 0.717) is 11.8 Å². The second-order valence-electron chi connectivity index (χ2n) is 6.62. The van der Waals surface area contributed by atoms with Gasteiger partial charge in [-0.15, -0.1) is 0 Å². The SMILES string of the molecule is CC1(c2ccc3ccccc3c2)O[C@@H]2[C@H](O1)[C@H]1C=C[C@@H]2C1. The van der Waals surface area contributed by atoms with Crippen molar-refractivity contribution in [1.29, 1.82) is 0 Å². The maximum absolute atomic E-state index is 6.37. The lowest BCUT2D eigenvalue weighted by molar-refractivity contribution is -0.179. The molecule has 1 heterocycles. The monoisotopic (exact) mass is 278 g/mol. The van der Waals surface area contributed by atoms with Crippen LogP contribution < -0.4 is 0 Å². The van der Waals surface area contributed by atoms with Crippen molar-refractivity contribution in [1.82, 2.24) is 0 Å². The lowest BCUT2D eigenvalue weighted by atomic mass is 10.0. The summed E-state index contributed by atoms with van der Waals surface area (Å²) in [6.07, 6.45) is 6.28. The molecule has 1 saturated heterocycles. The molecule has 0 N–H and O–H groups in total. The highest BCUT2D eigenvalue weighted by molar-refractivity contribution is 5.83. The van der Waals surface area contributed by atoms with Gasteiger partial charge < -0.3 is 9.47 Å². The van der Waals surface area contributed by atoms with Crippen LogP contribution in [0.2, 0.25) is 0 Å². The predicted octanol–water partition coefficient (Wildman–Crippen LogP) is 4.00. The van der Waals surface area contributed by atoms with Gasteiger partial charge in [0.25, 0.3) is 0 Å². The summed E-state index contributed by atoms with van der Waals surface area (Å²) < 4.78 is 12.7. The van der Waals surface area contributed by atoms with Crippen LogP contribution >= 0.6 is 0 Å². The van der Waals surface area contributed by atoms with Gasteiger partial charge in [0.15, 0.2) is 5.79 Å². The van der Waals surface area contributed by atoms with Crippen LogP contribution in [-0.4, -0.2) is 12.2 Å². The van der Waals surface area contributed by atoms with Crippen LogP contribution in [0, 0.1) is 11.8 Å². The summed E-state index contributed by atoms with van der Waals surface area (Å²) in [6, 6.07) is 14.9. The van der Waals surface area contributed by atoms with Gasteiger partial charge in [0.05, 0.1) is 12.2 Å². The Hall–Kier alpha value is -1.64. The van der Waals surface area contributed by atoms with E-state index >= 15 is 0 Å². The smallest absolute Gasteiger partial charge is 0.192 e. The van der Waals surface area contributed by atoms with Gasteiger partial charge in [-0.05, 0) is 30.2 Å². The van der Waals surface area contributed by atoms with Crippen LogP contribution in [0.3, 0.4) is 0 Å². The highest BCUT2D eigenvalue weighted by atomic mass is 16.8. The van der Waals surface area contributed by atoms with Crippen molar-refractivity contribution in [3.8, 4) is 0 Å². The first-order valence-electron chi connectivity index (χ1n) is 7.76. The highest BCUT2D eigenvalue weighted by Crippen LogP contribution is 2.52. The zero-order chi connectivity index (χ0) is 14.0. The third kappa shape index (κ3) is 1.60. The van der Waals surface area contributed by atoms with Gasteiger partial charge in [0.1, 0.15) is 0 Å². The molecule has 2 aromatic rings. The molecule has 106 valence electrons. The van der Waals surface area contributed by atoms with E-state index in [-0.39, 0.29) is 12.2 Å². The molecule has 0 radical (unpaired) electrons. The zero-order valence-electron chi connectivity index (χ0n) is 12.0. The minimum absolute atomic E-state index is 0.233. The van der Waals surface area contributed by atoms with E-state index in [1.807, 2.05) is 0 Å². The summed E-state index contributed by atoms with van der Waals surface area (Å²) in [4.78, 5) is 0. The number of hydrogen-bond acceptors (Lipinski definition) is 2. The second-order valence-corrected chi connectivity index (χ2v) is 6.62. The van der Waals surface area contributed by atoms with Gasteiger partial charge in [0, 0.05) is 17.4 Å². The summed E-state index contributed by atoms with van der Waals surface area (Å²) in [5.41, 5.74) is 1.12. The maximum atomic E-state index is 6.37. The van der Waals surface area contributed by atoms with Gasteiger partial charge >= 0.3 is 0 Å². The molecule has 2 fully saturated rings. The van der Waals surface area contributed by atoms with Crippen molar-refractivity contribution in [3.63, 3.8) is 0 Å².